The van der Waals surface area contributed by atoms with Gasteiger partial charge in [-0.25, -0.2) is 4.99 Å². The van der Waals surface area contributed by atoms with Crippen molar-refractivity contribution >= 4 is 35.8 Å². The van der Waals surface area contributed by atoms with Crippen molar-refractivity contribution in [3.8, 4) is 11.5 Å². The van der Waals surface area contributed by atoms with Gasteiger partial charge < -0.3 is 25.8 Å². The second kappa shape index (κ2) is 12.9. The molecule has 11 heteroatoms. The third kappa shape index (κ3) is 9.77. The number of alkyl halides is 3. The second-order valence-corrected chi connectivity index (χ2v) is 6.08. The smallest absolute Gasteiger partial charge is 0.508 e. The van der Waals surface area contributed by atoms with Crippen LogP contribution in [0.4, 0.5) is 13.2 Å². The van der Waals surface area contributed by atoms with Crippen molar-refractivity contribution in [2.24, 2.45) is 4.99 Å². The van der Waals surface area contributed by atoms with Crippen LogP contribution in [-0.4, -0.2) is 43.0 Å². The number of hydrogen-bond acceptors (Lipinski definition) is 4. The summed E-state index contributed by atoms with van der Waals surface area (Å²) in [4.78, 5) is 16.3. The number of phenols is 1. The van der Waals surface area contributed by atoms with Crippen molar-refractivity contribution in [2.75, 3.05) is 19.6 Å². The highest BCUT2D eigenvalue weighted by atomic mass is 127. The number of halogens is 4. The Bertz CT molecular complexity index is 861. The molecule has 0 heterocycles. The van der Waals surface area contributed by atoms with Gasteiger partial charge in [0.1, 0.15) is 11.5 Å². The molecule has 31 heavy (non-hydrogen) atoms. The highest BCUT2D eigenvalue weighted by Crippen LogP contribution is 2.26. The number of nitrogens with one attached hydrogen (secondary N) is 3. The van der Waals surface area contributed by atoms with Crippen LogP contribution in [0.2, 0.25) is 0 Å². The van der Waals surface area contributed by atoms with E-state index in [-0.39, 0.29) is 60.0 Å². The van der Waals surface area contributed by atoms with Crippen molar-refractivity contribution in [2.45, 2.75) is 19.8 Å². The first-order valence-corrected chi connectivity index (χ1v) is 9.21. The van der Waals surface area contributed by atoms with Gasteiger partial charge in [0, 0.05) is 30.8 Å². The van der Waals surface area contributed by atoms with E-state index in [0.717, 1.165) is 0 Å². The minimum absolute atomic E-state index is 0. The normalized spacial score (nSPS) is 11.3. The number of ether oxygens (including phenoxy) is 1. The lowest BCUT2D eigenvalue weighted by Crippen LogP contribution is -2.41. The predicted octanol–water partition coefficient (Wildman–Crippen LogP) is 3.39. The zero-order valence-corrected chi connectivity index (χ0v) is 19.0. The molecule has 2 rings (SSSR count). The second-order valence-electron chi connectivity index (χ2n) is 6.08. The molecule has 1 amide bonds. The van der Waals surface area contributed by atoms with Crippen molar-refractivity contribution in [3.63, 3.8) is 0 Å². The fourth-order valence-corrected chi connectivity index (χ4v) is 2.44. The Morgan fingerprint density at radius 2 is 1.68 bits per heavy atom. The molecule has 0 saturated carbocycles. The topological polar surface area (TPSA) is 95.0 Å². The van der Waals surface area contributed by atoms with Crippen LogP contribution in [0.15, 0.2) is 53.5 Å². The summed E-state index contributed by atoms with van der Waals surface area (Å²) >= 11 is 0. The number of para-hydroxylation sites is 1. The molecular weight excluding hydrogens is 528 g/mol. The Balaban J connectivity index is 0.00000480. The van der Waals surface area contributed by atoms with E-state index in [1.165, 1.54) is 42.5 Å². The van der Waals surface area contributed by atoms with Gasteiger partial charge in [0.05, 0.1) is 6.54 Å². The SMILES string of the molecule is CCNC(=NCc1ccccc1OC(F)(F)F)NCCNC(=O)c1ccc(O)cc1.I. The molecular formula is C20H24F3IN4O3. The molecule has 170 valence electrons. The zero-order chi connectivity index (χ0) is 22.0. The first-order chi connectivity index (χ1) is 14.3. The van der Waals surface area contributed by atoms with E-state index in [1.54, 1.807) is 6.07 Å². The van der Waals surface area contributed by atoms with E-state index in [0.29, 0.717) is 24.6 Å². The van der Waals surface area contributed by atoms with Gasteiger partial charge in [-0.05, 0) is 37.3 Å². The van der Waals surface area contributed by atoms with E-state index in [9.17, 15) is 23.1 Å². The van der Waals surface area contributed by atoms with Crippen LogP contribution in [0.25, 0.3) is 0 Å². The van der Waals surface area contributed by atoms with Crippen molar-refractivity contribution in [1.29, 1.82) is 0 Å². The molecule has 0 atom stereocenters. The molecule has 2 aromatic rings. The quantitative estimate of drug-likeness (QED) is 0.174. The number of phenolic OH excluding ortho intramolecular Hbond substituents is 1. The minimum atomic E-state index is -4.78. The molecule has 0 bridgehead atoms. The number of carbonyl (C=O) groups excluding carboxylic acids is 1. The first-order valence-electron chi connectivity index (χ1n) is 9.21. The maximum atomic E-state index is 12.5. The molecule has 0 aliphatic rings. The monoisotopic (exact) mass is 552 g/mol. The summed E-state index contributed by atoms with van der Waals surface area (Å²) in [5, 5.41) is 17.9. The number of hydrogen-bond donors (Lipinski definition) is 4. The average Bonchev–Trinajstić information content (AvgIpc) is 2.69. The maximum absolute atomic E-state index is 12.5. The Hall–Kier alpha value is -2.70. The summed E-state index contributed by atoms with van der Waals surface area (Å²) < 4.78 is 41.6. The van der Waals surface area contributed by atoms with Gasteiger partial charge in [-0.1, -0.05) is 18.2 Å². The van der Waals surface area contributed by atoms with Crippen LogP contribution < -0.4 is 20.7 Å². The predicted molar refractivity (Wildman–Crippen MR) is 122 cm³/mol. The fraction of sp³-hybridized carbons (Fsp3) is 0.300. The molecule has 4 N–H and O–H groups in total. The molecule has 0 unspecified atom stereocenters. The Labute approximate surface area is 195 Å². The van der Waals surface area contributed by atoms with Gasteiger partial charge in [0.25, 0.3) is 5.91 Å². The largest absolute Gasteiger partial charge is 0.573 e. The van der Waals surface area contributed by atoms with Crippen molar-refractivity contribution in [1.82, 2.24) is 16.0 Å². The third-order valence-corrected chi connectivity index (χ3v) is 3.78. The minimum Gasteiger partial charge on any atom is -0.508 e. The summed E-state index contributed by atoms with van der Waals surface area (Å²) in [5.74, 6) is -0.136. The van der Waals surface area contributed by atoms with E-state index in [2.05, 4.69) is 25.7 Å². The number of aliphatic imine (C=N–C) groups is 1. The molecule has 0 aliphatic carbocycles. The summed E-state index contributed by atoms with van der Waals surface area (Å²) in [6, 6.07) is 11.6. The zero-order valence-electron chi connectivity index (χ0n) is 16.7. The number of rotatable bonds is 8. The molecule has 2 aromatic carbocycles. The number of guanidine groups is 1. The maximum Gasteiger partial charge on any atom is 0.573 e. The molecule has 7 nitrogen and oxygen atoms in total. The van der Waals surface area contributed by atoms with Crippen LogP contribution in [-0.2, 0) is 6.54 Å². The standard InChI is InChI=1S/C20H23F3N4O3.HI/c1-2-24-19(26-12-11-25-18(29)14-7-9-16(28)10-8-14)27-13-15-5-3-4-6-17(15)30-20(21,22)23;/h3-10,28H,2,11-13H2,1H3,(H,25,29)(H2,24,26,27);1H. The van der Waals surface area contributed by atoms with Gasteiger partial charge in [-0.3, -0.25) is 4.79 Å². The molecule has 0 radical (unpaired) electrons. The Morgan fingerprint density at radius 1 is 1.03 bits per heavy atom. The van der Waals surface area contributed by atoms with Gasteiger partial charge in [-0.15, -0.1) is 37.1 Å². The van der Waals surface area contributed by atoms with Gasteiger partial charge in [0.2, 0.25) is 0 Å². The lowest BCUT2D eigenvalue weighted by molar-refractivity contribution is -0.274. The number of nitrogens with zero attached hydrogens (tertiary/aromatic N) is 1. The molecule has 0 aliphatic heterocycles. The molecule has 0 aromatic heterocycles. The lowest BCUT2D eigenvalue weighted by Gasteiger charge is -2.14. The van der Waals surface area contributed by atoms with Crippen LogP contribution in [0.5, 0.6) is 11.5 Å². The number of carbonyl (C=O) groups is 1. The van der Waals surface area contributed by atoms with Crippen LogP contribution in [0, 0.1) is 0 Å². The van der Waals surface area contributed by atoms with Gasteiger partial charge in [0.15, 0.2) is 5.96 Å². The van der Waals surface area contributed by atoms with Crippen LogP contribution >= 0.6 is 24.0 Å². The lowest BCUT2D eigenvalue weighted by atomic mass is 10.2. The van der Waals surface area contributed by atoms with Crippen molar-refractivity contribution < 1.29 is 27.8 Å². The third-order valence-electron chi connectivity index (χ3n) is 3.78. The van der Waals surface area contributed by atoms with E-state index in [4.69, 9.17) is 0 Å². The summed E-state index contributed by atoms with van der Waals surface area (Å²) in [6.07, 6.45) is -4.78. The summed E-state index contributed by atoms with van der Waals surface area (Å²) in [5.41, 5.74) is 0.697. The van der Waals surface area contributed by atoms with Crippen LogP contribution in [0.1, 0.15) is 22.8 Å². The van der Waals surface area contributed by atoms with Crippen molar-refractivity contribution in [3.05, 3.63) is 59.7 Å². The van der Waals surface area contributed by atoms with Gasteiger partial charge in [-0.2, -0.15) is 0 Å². The Morgan fingerprint density at radius 3 is 2.32 bits per heavy atom. The average molecular weight is 552 g/mol. The molecule has 0 saturated heterocycles. The summed E-state index contributed by atoms with van der Waals surface area (Å²) in [6.45, 7) is 3.01. The number of amides is 1. The number of benzene rings is 2. The van der Waals surface area contributed by atoms with E-state index in [1.807, 2.05) is 6.92 Å². The van der Waals surface area contributed by atoms with E-state index >= 15 is 0 Å². The molecule has 0 spiro atoms. The molecule has 0 fully saturated rings. The van der Waals surface area contributed by atoms with E-state index < -0.39 is 6.36 Å². The number of aromatic hydroxyl groups is 1. The summed E-state index contributed by atoms with van der Waals surface area (Å²) in [7, 11) is 0. The highest BCUT2D eigenvalue weighted by Gasteiger charge is 2.31. The fourth-order valence-electron chi connectivity index (χ4n) is 2.44. The van der Waals surface area contributed by atoms with Gasteiger partial charge >= 0.3 is 6.36 Å². The first kappa shape index (κ1) is 26.3. The van der Waals surface area contributed by atoms with Crippen LogP contribution in [0.3, 0.4) is 0 Å². The highest BCUT2D eigenvalue weighted by molar-refractivity contribution is 14.0. The Kier molecular flexibility index (Phi) is 10.9.